The minimum absolute atomic E-state index is 0.0411. The molecule has 2 fully saturated rings. The molecule has 0 spiro atoms. The fourth-order valence-electron chi connectivity index (χ4n) is 3.13. The molecule has 1 aliphatic heterocycles. The first-order valence-corrected chi connectivity index (χ1v) is 9.05. The van der Waals surface area contributed by atoms with Crippen molar-refractivity contribution < 1.29 is 13.2 Å². The second-order valence-corrected chi connectivity index (χ2v) is 8.68. The van der Waals surface area contributed by atoms with Crippen molar-refractivity contribution in [3.8, 4) is 0 Å². The van der Waals surface area contributed by atoms with Gasteiger partial charge in [0, 0.05) is 35.7 Å². The number of nitrogens with zero attached hydrogens (tertiary/aromatic N) is 2. The minimum Gasteiger partial charge on any atom is -0.338 e. The Hall–Kier alpha value is -0.330. The maximum absolute atomic E-state index is 11.9. The molecule has 5 nitrogen and oxygen atoms in total. The van der Waals surface area contributed by atoms with Crippen molar-refractivity contribution in [3.05, 3.63) is 0 Å². The van der Waals surface area contributed by atoms with Crippen molar-refractivity contribution in [2.45, 2.75) is 49.4 Å². The van der Waals surface area contributed by atoms with Crippen LogP contribution in [0.4, 0.5) is 0 Å². The number of hydrogen-bond acceptors (Lipinski definition) is 4. The summed E-state index contributed by atoms with van der Waals surface area (Å²) in [6.45, 7) is 0.266. The van der Waals surface area contributed by atoms with Crippen molar-refractivity contribution in [3.63, 3.8) is 0 Å². The molecule has 0 aromatic rings. The van der Waals surface area contributed by atoms with Gasteiger partial charge in [-0.05, 0) is 39.8 Å². The van der Waals surface area contributed by atoms with Crippen molar-refractivity contribution >= 4 is 25.6 Å². The molecule has 1 saturated carbocycles. The Morgan fingerprint density at radius 1 is 1.21 bits per heavy atom. The highest BCUT2D eigenvalue weighted by atomic mass is 35.7. The molecule has 0 aromatic heterocycles. The summed E-state index contributed by atoms with van der Waals surface area (Å²) in [7, 11) is 5.87. The van der Waals surface area contributed by atoms with E-state index in [1.54, 1.807) is 4.90 Å². The number of likely N-dealkylation sites (tertiary alicyclic amines) is 1. The van der Waals surface area contributed by atoms with Crippen molar-refractivity contribution in [1.82, 2.24) is 9.80 Å². The monoisotopic (exact) mass is 308 g/mol. The molecular formula is C12H21ClN2O3S. The Balaban J connectivity index is 1.95. The van der Waals surface area contributed by atoms with E-state index in [1.807, 2.05) is 0 Å². The first-order chi connectivity index (χ1) is 8.79. The lowest BCUT2D eigenvalue weighted by Gasteiger charge is -2.37. The van der Waals surface area contributed by atoms with E-state index in [4.69, 9.17) is 10.7 Å². The zero-order valence-corrected chi connectivity index (χ0v) is 13.0. The van der Waals surface area contributed by atoms with E-state index >= 15 is 0 Å². The highest BCUT2D eigenvalue weighted by molar-refractivity contribution is 8.14. The molecule has 1 atom stereocenters. The van der Waals surface area contributed by atoms with E-state index < -0.39 is 14.3 Å². The van der Waals surface area contributed by atoms with Gasteiger partial charge in [-0.2, -0.15) is 0 Å². The van der Waals surface area contributed by atoms with Gasteiger partial charge in [0.05, 0.1) is 0 Å². The summed E-state index contributed by atoms with van der Waals surface area (Å²) >= 11 is 0. The molecule has 1 unspecified atom stereocenters. The smallest absolute Gasteiger partial charge is 0.237 e. The molecule has 7 heteroatoms. The van der Waals surface area contributed by atoms with Gasteiger partial charge in [-0.25, -0.2) is 8.42 Å². The Bertz CT molecular complexity index is 444. The van der Waals surface area contributed by atoms with Crippen LogP contribution in [0.3, 0.4) is 0 Å². The van der Waals surface area contributed by atoms with Gasteiger partial charge < -0.3 is 9.80 Å². The van der Waals surface area contributed by atoms with Crippen LogP contribution in [-0.2, 0) is 13.8 Å². The number of hydrogen-bond donors (Lipinski definition) is 0. The summed E-state index contributed by atoms with van der Waals surface area (Å²) in [6.07, 6.45) is 4.05. The molecule has 1 aliphatic carbocycles. The van der Waals surface area contributed by atoms with Gasteiger partial charge in [0.1, 0.15) is 5.25 Å². The number of halogens is 1. The summed E-state index contributed by atoms with van der Waals surface area (Å²) in [5.41, 5.74) is 0. The predicted octanol–water partition coefficient (Wildman–Crippen LogP) is 1.03. The maximum atomic E-state index is 11.9. The van der Waals surface area contributed by atoms with Crippen LogP contribution < -0.4 is 0 Å². The van der Waals surface area contributed by atoms with Gasteiger partial charge in [0.2, 0.25) is 15.0 Å². The van der Waals surface area contributed by atoms with E-state index in [1.165, 1.54) is 0 Å². The molecule has 1 saturated heterocycles. The number of carbonyl (C=O) groups excluding carboxylic acids is 1. The third-order valence-corrected chi connectivity index (χ3v) is 6.23. The lowest BCUT2D eigenvalue weighted by molar-refractivity contribution is -0.130. The lowest BCUT2D eigenvalue weighted by Crippen LogP contribution is -2.43. The number of carbonyl (C=O) groups is 1. The van der Waals surface area contributed by atoms with E-state index in [0.29, 0.717) is 6.04 Å². The largest absolute Gasteiger partial charge is 0.338 e. The first-order valence-electron chi connectivity index (χ1n) is 6.68. The van der Waals surface area contributed by atoms with Crippen LogP contribution in [0, 0.1) is 0 Å². The molecule has 0 bridgehead atoms. The second-order valence-electron chi connectivity index (χ2n) is 5.77. The predicted molar refractivity (Wildman–Crippen MR) is 74.6 cm³/mol. The zero-order valence-electron chi connectivity index (χ0n) is 11.4. The van der Waals surface area contributed by atoms with E-state index in [9.17, 15) is 13.2 Å². The lowest BCUT2D eigenvalue weighted by atomic mass is 9.90. The van der Waals surface area contributed by atoms with Gasteiger partial charge in [-0.3, -0.25) is 4.79 Å². The first kappa shape index (κ1) is 15.1. The van der Waals surface area contributed by atoms with Crippen LogP contribution in [0.1, 0.15) is 32.1 Å². The molecule has 1 amide bonds. The van der Waals surface area contributed by atoms with Crippen molar-refractivity contribution in [2.24, 2.45) is 0 Å². The third kappa shape index (κ3) is 3.41. The quantitative estimate of drug-likeness (QED) is 0.731. The molecule has 110 valence electrons. The minimum atomic E-state index is -3.63. The van der Waals surface area contributed by atoms with Gasteiger partial charge in [-0.15, -0.1) is 0 Å². The molecule has 1 heterocycles. The molecular weight excluding hydrogens is 288 g/mol. The molecule has 2 aliphatic rings. The molecule has 0 radical (unpaired) electrons. The number of rotatable bonds is 3. The Morgan fingerprint density at radius 2 is 1.79 bits per heavy atom. The molecule has 19 heavy (non-hydrogen) atoms. The third-order valence-electron chi connectivity index (χ3n) is 4.36. The maximum Gasteiger partial charge on any atom is 0.237 e. The summed E-state index contributed by atoms with van der Waals surface area (Å²) in [5.74, 6) is -0.0671. The van der Waals surface area contributed by atoms with Crippen LogP contribution in [0.5, 0.6) is 0 Å². The average Bonchev–Trinajstić information content (AvgIpc) is 2.71. The van der Waals surface area contributed by atoms with Crippen LogP contribution >= 0.6 is 10.7 Å². The molecule has 2 rings (SSSR count). The zero-order chi connectivity index (χ0) is 14.2. The van der Waals surface area contributed by atoms with Gasteiger partial charge in [0.15, 0.2) is 0 Å². The summed E-state index contributed by atoms with van der Waals surface area (Å²) < 4.78 is 22.7. The van der Waals surface area contributed by atoms with Gasteiger partial charge in [-0.1, -0.05) is 0 Å². The highest BCUT2D eigenvalue weighted by Crippen LogP contribution is 2.30. The number of amides is 1. The average molecular weight is 309 g/mol. The summed E-state index contributed by atoms with van der Waals surface area (Å²) in [5, 5.41) is -0.728. The second kappa shape index (κ2) is 5.58. The van der Waals surface area contributed by atoms with Crippen LogP contribution in [-0.4, -0.2) is 62.1 Å². The Kier molecular flexibility index (Phi) is 4.42. The molecule has 0 N–H and O–H groups in total. The molecule has 0 aromatic carbocycles. The van der Waals surface area contributed by atoms with Crippen LogP contribution in [0.15, 0.2) is 0 Å². The standard InChI is InChI=1S/C12H21ClN2O3S/c1-14(2)9-3-5-10(6-4-9)15-8-11(7-12(15)16)19(13,17)18/h9-11H,3-8H2,1-2H3. The van der Waals surface area contributed by atoms with Gasteiger partial charge in [0.25, 0.3) is 0 Å². The van der Waals surface area contributed by atoms with Crippen LogP contribution in [0.25, 0.3) is 0 Å². The van der Waals surface area contributed by atoms with Crippen molar-refractivity contribution in [1.29, 1.82) is 0 Å². The fraction of sp³-hybridized carbons (Fsp3) is 0.917. The fourth-order valence-corrected chi connectivity index (χ4v) is 4.16. The Labute approximate surface area is 119 Å². The van der Waals surface area contributed by atoms with Crippen LogP contribution in [0.2, 0.25) is 0 Å². The van der Waals surface area contributed by atoms with E-state index in [-0.39, 0.29) is 24.9 Å². The van der Waals surface area contributed by atoms with E-state index in [0.717, 1.165) is 25.7 Å². The van der Waals surface area contributed by atoms with Gasteiger partial charge >= 0.3 is 0 Å². The normalized spacial score (nSPS) is 33.2. The van der Waals surface area contributed by atoms with Crippen molar-refractivity contribution in [2.75, 3.05) is 20.6 Å². The topological polar surface area (TPSA) is 57.7 Å². The SMILES string of the molecule is CN(C)C1CCC(N2CC(S(=O)(=O)Cl)CC2=O)CC1. The highest BCUT2D eigenvalue weighted by Gasteiger charge is 2.41. The summed E-state index contributed by atoms with van der Waals surface area (Å²) in [6, 6.07) is 0.758. The Morgan fingerprint density at radius 3 is 2.21 bits per heavy atom. The van der Waals surface area contributed by atoms with E-state index in [2.05, 4.69) is 19.0 Å². The summed E-state index contributed by atoms with van der Waals surface area (Å²) in [4.78, 5) is 15.9.